The maximum absolute atomic E-state index is 9.36. The van der Waals surface area contributed by atoms with Gasteiger partial charge in [0.1, 0.15) is 0 Å². The molecule has 0 saturated carbocycles. The molecule has 0 amide bonds. The molecule has 0 spiro atoms. The van der Waals surface area contributed by atoms with Crippen molar-refractivity contribution in [3.05, 3.63) is 34.3 Å². The van der Waals surface area contributed by atoms with Gasteiger partial charge in [0.15, 0.2) is 0 Å². The minimum absolute atomic E-state index is 0.0242. The molecule has 0 saturated heterocycles. The molecular formula is C14H22BrNO. The maximum Gasteiger partial charge on any atom is 0.0496 e. The quantitative estimate of drug-likeness (QED) is 0.842. The van der Waals surface area contributed by atoms with Crippen molar-refractivity contribution < 1.29 is 5.11 Å². The number of hydrogen-bond acceptors (Lipinski definition) is 2. The first-order valence-corrected chi connectivity index (χ1v) is 6.90. The summed E-state index contributed by atoms with van der Waals surface area (Å²) < 4.78 is 1.10. The van der Waals surface area contributed by atoms with Gasteiger partial charge in [-0.3, -0.25) is 0 Å². The molecule has 0 aliphatic carbocycles. The zero-order valence-corrected chi connectivity index (χ0v) is 12.4. The number of benzene rings is 1. The van der Waals surface area contributed by atoms with Gasteiger partial charge in [-0.1, -0.05) is 41.9 Å². The van der Waals surface area contributed by atoms with E-state index in [9.17, 15) is 5.11 Å². The minimum Gasteiger partial charge on any atom is -0.396 e. The van der Waals surface area contributed by atoms with Crippen molar-refractivity contribution in [1.29, 1.82) is 0 Å². The van der Waals surface area contributed by atoms with Crippen molar-refractivity contribution in [3.63, 3.8) is 0 Å². The lowest BCUT2D eigenvalue weighted by Gasteiger charge is -2.28. The standard InChI is InChI=1S/C14H22BrNO/c1-4-14(3,10-17)9-16-11(2)12-5-7-13(15)8-6-12/h5-8,11,16-17H,4,9-10H2,1-3H3/t11-,14?/m0/s1. The Kier molecular flexibility index (Phi) is 5.63. The fraction of sp³-hybridized carbons (Fsp3) is 0.571. The molecule has 0 radical (unpaired) electrons. The smallest absolute Gasteiger partial charge is 0.0496 e. The largest absolute Gasteiger partial charge is 0.396 e. The van der Waals surface area contributed by atoms with E-state index in [2.05, 4.69) is 66.3 Å². The van der Waals surface area contributed by atoms with E-state index in [1.807, 2.05) is 0 Å². The maximum atomic E-state index is 9.36. The molecular weight excluding hydrogens is 278 g/mol. The van der Waals surface area contributed by atoms with Crippen molar-refractivity contribution in [2.24, 2.45) is 5.41 Å². The van der Waals surface area contributed by atoms with Gasteiger partial charge in [-0.05, 0) is 31.0 Å². The first-order chi connectivity index (χ1) is 8.00. The Morgan fingerprint density at radius 1 is 1.35 bits per heavy atom. The van der Waals surface area contributed by atoms with E-state index in [-0.39, 0.29) is 12.0 Å². The van der Waals surface area contributed by atoms with Crippen LogP contribution in [0.25, 0.3) is 0 Å². The third kappa shape index (κ3) is 4.41. The summed E-state index contributed by atoms with van der Waals surface area (Å²) in [7, 11) is 0. The molecule has 0 heterocycles. The monoisotopic (exact) mass is 299 g/mol. The summed E-state index contributed by atoms with van der Waals surface area (Å²) in [5.41, 5.74) is 1.24. The molecule has 2 nitrogen and oxygen atoms in total. The number of nitrogens with one attached hydrogen (secondary N) is 1. The molecule has 1 rings (SSSR count). The predicted octanol–water partition coefficient (Wildman–Crippen LogP) is 3.51. The number of halogens is 1. The third-order valence-electron chi connectivity index (χ3n) is 3.44. The lowest BCUT2D eigenvalue weighted by atomic mass is 9.88. The summed E-state index contributed by atoms with van der Waals surface area (Å²) in [6, 6.07) is 8.64. The zero-order chi connectivity index (χ0) is 12.9. The lowest BCUT2D eigenvalue weighted by molar-refractivity contribution is 0.132. The van der Waals surface area contributed by atoms with E-state index >= 15 is 0 Å². The second kappa shape index (κ2) is 6.53. The SMILES string of the molecule is CCC(C)(CO)CN[C@@H](C)c1ccc(Br)cc1. The van der Waals surface area contributed by atoms with Crippen LogP contribution in [0.5, 0.6) is 0 Å². The summed E-state index contributed by atoms with van der Waals surface area (Å²) in [4.78, 5) is 0. The third-order valence-corrected chi connectivity index (χ3v) is 3.97. The van der Waals surface area contributed by atoms with Gasteiger partial charge in [-0.2, -0.15) is 0 Å². The number of aliphatic hydroxyl groups is 1. The van der Waals surface area contributed by atoms with Crippen molar-refractivity contribution in [3.8, 4) is 0 Å². The van der Waals surface area contributed by atoms with Crippen molar-refractivity contribution in [1.82, 2.24) is 5.32 Å². The number of hydrogen-bond donors (Lipinski definition) is 2. The van der Waals surface area contributed by atoms with Crippen LogP contribution in [0.2, 0.25) is 0 Å². The van der Waals surface area contributed by atoms with Crippen LogP contribution < -0.4 is 5.32 Å². The molecule has 3 heteroatoms. The van der Waals surface area contributed by atoms with E-state index in [1.165, 1.54) is 5.56 Å². The van der Waals surface area contributed by atoms with Gasteiger partial charge in [0, 0.05) is 29.1 Å². The van der Waals surface area contributed by atoms with Gasteiger partial charge in [0.25, 0.3) is 0 Å². The first kappa shape index (κ1) is 14.7. The highest BCUT2D eigenvalue weighted by Crippen LogP contribution is 2.21. The highest BCUT2D eigenvalue weighted by molar-refractivity contribution is 9.10. The summed E-state index contributed by atoms with van der Waals surface area (Å²) in [5, 5.41) is 12.8. The van der Waals surface area contributed by atoms with Crippen LogP contribution in [0.1, 0.15) is 38.8 Å². The fourth-order valence-corrected chi connectivity index (χ4v) is 1.83. The molecule has 17 heavy (non-hydrogen) atoms. The average Bonchev–Trinajstić information content (AvgIpc) is 2.36. The zero-order valence-electron chi connectivity index (χ0n) is 10.8. The topological polar surface area (TPSA) is 32.3 Å². The summed E-state index contributed by atoms with van der Waals surface area (Å²) in [6.45, 7) is 7.42. The van der Waals surface area contributed by atoms with Gasteiger partial charge >= 0.3 is 0 Å². The van der Waals surface area contributed by atoms with Crippen molar-refractivity contribution in [2.45, 2.75) is 33.2 Å². The van der Waals surface area contributed by atoms with Gasteiger partial charge in [-0.15, -0.1) is 0 Å². The molecule has 2 N–H and O–H groups in total. The van der Waals surface area contributed by atoms with E-state index in [4.69, 9.17) is 0 Å². The minimum atomic E-state index is -0.0242. The predicted molar refractivity (Wildman–Crippen MR) is 76.0 cm³/mol. The highest BCUT2D eigenvalue weighted by atomic mass is 79.9. The highest BCUT2D eigenvalue weighted by Gasteiger charge is 2.21. The van der Waals surface area contributed by atoms with Crippen LogP contribution in [-0.4, -0.2) is 18.3 Å². The Labute approximate surface area is 113 Å². The molecule has 1 unspecified atom stereocenters. The number of aliphatic hydroxyl groups excluding tert-OH is 1. The van der Waals surface area contributed by atoms with Crippen LogP contribution in [0.15, 0.2) is 28.7 Å². The summed E-state index contributed by atoms with van der Waals surface area (Å²) >= 11 is 3.43. The lowest BCUT2D eigenvalue weighted by Crippen LogP contribution is -2.35. The molecule has 0 aliphatic rings. The molecule has 0 aromatic heterocycles. The second-order valence-electron chi connectivity index (χ2n) is 4.98. The average molecular weight is 300 g/mol. The Morgan fingerprint density at radius 3 is 2.41 bits per heavy atom. The normalized spacial score (nSPS) is 16.5. The fourth-order valence-electron chi connectivity index (χ4n) is 1.56. The van der Waals surface area contributed by atoms with Gasteiger partial charge in [0.2, 0.25) is 0 Å². The van der Waals surface area contributed by atoms with Gasteiger partial charge in [0.05, 0.1) is 0 Å². The van der Waals surface area contributed by atoms with Crippen LogP contribution in [0, 0.1) is 5.41 Å². The van der Waals surface area contributed by atoms with E-state index < -0.39 is 0 Å². The van der Waals surface area contributed by atoms with Crippen molar-refractivity contribution in [2.75, 3.05) is 13.2 Å². The summed E-state index contributed by atoms with van der Waals surface area (Å²) in [5.74, 6) is 0. The van der Waals surface area contributed by atoms with E-state index in [0.29, 0.717) is 6.04 Å². The van der Waals surface area contributed by atoms with Crippen LogP contribution in [0.3, 0.4) is 0 Å². The molecule has 1 aromatic rings. The molecule has 0 bridgehead atoms. The van der Waals surface area contributed by atoms with Gasteiger partial charge in [-0.25, -0.2) is 0 Å². The van der Waals surface area contributed by atoms with Crippen LogP contribution >= 0.6 is 15.9 Å². The molecule has 1 aromatic carbocycles. The summed E-state index contributed by atoms with van der Waals surface area (Å²) in [6.07, 6.45) is 0.976. The first-order valence-electron chi connectivity index (χ1n) is 6.10. The Morgan fingerprint density at radius 2 is 1.94 bits per heavy atom. The van der Waals surface area contributed by atoms with Crippen LogP contribution in [-0.2, 0) is 0 Å². The molecule has 0 fully saturated rings. The Balaban J connectivity index is 2.55. The molecule has 96 valence electrons. The van der Waals surface area contributed by atoms with Crippen molar-refractivity contribution >= 4 is 15.9 Å². The van der Waals surface area contributed by atoms with Gasteiger partial charge < -0.3 is 10.4 Å². The Bertz CT molecular complexity index is 333. The van der Waals surface area contributed by atoms with E-state index in [0.717, 1.165) is 17.4 Å². The second-order valence-corrected chi connectivity index (χ2v) is 5.89. The Hall–Kier alpha value is -0.380. The number of rotatable bonds is 6. The van der Waals surface area contributed by atoms with Crippen LogP contribution in [0.4, 0.5) is 0 Å². The molecule has 2 atom stereocenters. The molecule has 0 aliphatic heterocycles. The van der Waals surface area contributed by atoms with E-state index in [1.54, 1.807) is 0 Å².